The first kappa shape index (κ1) is 14.3. The minimum atomic E-state index is -0.259. The molecule has 0 unspecified atom stereocenters. The number of hydrogen-bond donors (Lipinski definition) is 1. The molecule has 0 aromatic heterocycles. The van der Waals surface area contributed by atoms with Gasteiger partial charge in [0, 0.05) is 11.3 Å². The Labute approximate surface area is 130 Å². The van der Waals surface area contributed by atoms with Crippen LogP contribution >= 0.6 is 0 Å². The summed E-state index contributed by atoms with van der Waals surface area (Å²) in [6.45, 7) is 14.0. The number of rotatable bonds is 3. The zero-order chi connectivity index (χ0) is 15.9. The number of halogens is 1. The van der Waals surface area contributed by atoms with Crippen LogP contribution in [0.4, 0.5) is 10.1 Å². The molecule has 110 valence electrons. The summed E-state index contributed by atoms with van der Waals surface area (Å²) >= 11 is 0. The number of nitrogens with one attached hydrogen (secondary N) is 1. The fourth-order valence-electron chi connectivity index (χ4n) is 2.85. The molecular formula is C20H18FN. The minimum Gasteiger partial charge on any atom is -0.374 e. The molecule has 22 heavy (non-hydrogen) atoms. The largest absolute Gasteiger partial charge is 0.374 e. The van der Waals surface area contributed by atoms with E-state index in [1.54, 1.807) is 19.1 Å². The summed E-state index contributed by atoms with van der Waals surface area (Å²) in [6, 6.07) is 13.0. The minimum absolute atomic E-state index is 0.0687. The average molecular weight is 291 g/mol. The lowest BCUT2D eigenvalue weighted by molar-refractivity contribution is 0.624. The van der Waals surface area contributed by atoms with E-state index in [1.807, 2.05) is 12.1 Å². The van der Waals surface area contributed by atoms with Crippen LogP contribution < -0.4 is 5.32 Å². The van der Waals surface area contributed by atoms with Crippen LogP contribution in [0.2, 0.25) is 0 Å². The molecule has 0 radical (unpaired) electrons. The zero-order valence-corrected chi connectivity index (χ0v) is 12.6. The van der Waals surface area contributed by atoms with E-state index in [0.717, 1.165) is 28.0 Å². The second kappa shape index (κ2) is 5.30. The van der Waals surface area contributed by atoms with E-state index >= 15 is 0 Å². The smallest absolute Gasteiger partial charge is 0.130 e. The third kappa shape index (κ3) is 2.27. The van der Waals surface area contributed by atoms with E-state index in [1.165, 1.54) is 6.07 Å². The molecule has 0 amide bonds. The van der Waals surface area contributed by atoms with Crippen LogP contribution in [0.3, 0.4) is 0 Å². The molecule has 0 fully saturated rings. The molecule has 1 aliphatic carbocycles. The molecule has 2 aromatic rings. The maximum Gasteiger partial charge on any atom is 0.130 e. The predicted molar refractivity (Wildman–Crippen MR) is 93.0 cm³/mol. The summed E-state index contributed by atoms with van der Waals surface area (Å²) in [4.78, 5) is 0. The van der Waals surface area contributed by atoms with E-state index in [9.17, 15) is 4.39 Å². The molecule has 1 aliphatic rings. The first-order valence-corrected chi connectivity index (χ1v) is 7.18. The maximum atomic E-state index is 13.8. The van der Waals surface area contributed by atoms with E-state index in [0.29, 0.717) is 11.1 Å². The summed E-state index contributed by atoms with van der Waals surface area (Å²) in [7, 11) is 0. The van der Waals surface area contributed by atoms with Crippen molar-refractivity contribution in [3.63, 3.8) is 0 Å². The van der Waals surface area contributed by atoms with Crippen molar-refractivity contribution in [3.8, 4) is 0 Å². The summed E-state index contributed by atoms with van der Waals surface area (Å²) in [5.74, 6) is -0.259. The number of benzene rings is 2. The van der Waals surface area contributed by atoms with Crippen molar-refractivity contribution in [2.75, 3.05) is 5.32 Å². The van der Waals surface area contributed by atoms with Gasteiger partial charge in [0.15, 0.2) is 0 Å². The maximum absolute atomic E-state index is 13.8. The summed E-state index contributed by atoms with van der Waals surface area (Å²) in [5.41, 5.74) is 6.27. The Hall–Kier alpha value is -2.61. The van der Waals surface area contributed by atoms with Gasteiger partial charge < -0.3 is 5.32 Å². The topological polar surface area (TPSA) is 12.0 Å². The Bertz CT molecular complexity index is 766. The van der Waals surface area contributed by atoms with Gasteiger partial charge in [-0.25, -0.2) is 4.39 Å². The Morgan fingerprint density at radius 3 is 2.18 bits per heavy atom. The van der Waals surface area contributed by atoms with E-state index < -0.39 is 0 Å². The summed E-state index contributed by atoms with van der Waals surface area (Å²) in [5, 5.41) is 3.40. The Morgan fingerprint density at radius 2 is 1.64 bits per heavy atom. The highest BCUT2D eigenvalue weighted by molar-refractivity contribution is 5.98. The Morgan fingerprint density at radius 1 is 1.05 bits per heavy atom. The Balaban J connectivity index is 1.92. The van der Waals surface area contributed by atoms with Gasteiger partial charge in [-0.2, -0.15) is 0 Å². The van der Waals surface area contributed by atoms with Crippen LogP contribution in [-0.4, -0.2) is 6.04 Å². The molecule has 2 aromatic carbocycles. The van der Waals surface area contributed by atoms with Crippen molar-refractivity contribution >= 4 is 22.4 Å². The van der Waals surface area contributed by atoms with Crippen molar-refractivity contribution in [1.82, 2.24) is 0 Å². The number of hydrogen-bond acceptors (Lipinski definition) is 1. The first-order valence-electron chi connectivity index (χ1n) is 7.18. The van der Waals surface area contributed by atoms with Crippen LogP contribution in [0.25, 0.3) is 16.7 Å². The van der Waals surface area contributed by atoms with Gasteiger partial charge in [-0.15, -0.1) is 0 Å². The molecule has 0 atom stereocenters. The second-order valence-corrected chi connectivity index (χ2v) is 5.65. The molecule has 0 saturated heterocycles. The van der Waals surface area contributed by atoms with Gasteiger partial charge >= 0.3 is 0 Å². The van der Waals surface area contributed by atoms with Crippen LogP contribution in [0.5, 0.6) is 0 Å². The molecule has 0 saturated carbocycles. The lowest BCUT2D eigenvalue weighted by atomic mass is 10.0. The Kier molecular flexibility index (Phi) is 3.45. The number of allylic oxidation sites excluding steroid dienone is 1. The van der Waals surface area contributed by atoms with Crippen molar-refractivity contribution in [2.24, 2.45) is 0 Å². The third-order valence-corrected chi connectivity index (χ3v) is 4.05. The van der Waals surface area contributed by atoms with Gasteiger partial charge in [-0.1, -0.05) is 44.0 Å². The van der Waals surface area contributed by atoms with Crippen molar-refractivity contribution in [2.45, 2.75) is 13.0 Å². The normalized spacial score (nSPS) is 14.1. The first-order chi connectivity index (χ1) is 10.5. The number of anilines is 1. The molecule has 1 N–H and O–H groups in total. The van der Waals surface area contributed by atoms with Gasteiger partial charge in [0.2, 0.25) is 0 Å². The quantitative estimate of drug-likeness (QED) is 0.800. The van der Waals surface area contributed by atoms with E-state index in [2.05, 4.69) is 37.2 Å². The molecule has 3 rings (SSSR count). The monoisotopic (exact) mass is 291 g/mol. The number of fused-ring (bicyclic) bond motifs is 1. The lowest BCUT2D eigenvalue weighted by Gasteiger charge is -2.18. The van der Waals surface area contributed by atoms with Gasteiger partial charge in [0.05, 0.1) is 6.04 Å². The average Bonchev–Trinajstić information content (AvgIpc) is 2.74. The molecule has 0 spiro atoms. The fraction of sp³-hybridized carbons (Fsp3) is 0.100. The SMILES string of the molecule is C=C(C)c1cc(NC2C(=C)c3ccccc3C2=C)ccc1F. The molecule has 2 heteroatoms. The van der Waals surface area contributed by atoms with Crippen molar-refractivity contribution in [1.29, 1.82) is 0 Å². The predicted octanol–water partition coefficient (Wildman–Crippen LogP) is 5.38. The molecule has 0 heterocycles. The van der Waals surface area contributed by atoms with Crippen LogP contribution in [-0.2, 0) is 0 Å². The third-order valence-electron chi connectivity index (χ3n) is 4.05. The van der Waals surface area contributed by atoms with Crippen molar-refractivity contribution < 1.29 is 4.39 Å². The fourth-order valence-corrected chi connectivity index (χ4v) is 2.85. The standard InChI is InChI=1S/C20H18FN/c1-12(2)18-11-15(9-10-19(18)21)22-20-13(3)16-7-5-6-8-17(16)14(20)4/h5-11,20,22H,1,3-4H2,2H3. The highest BCUT2D eigenvalue weighted by atomic mass is 19.1. The molecule has 0 bridgehead atoms. The van der Waals surface area contributed by atoms with Gasteiger partial charge in [0.1, 0.15) is 5.82 Å². The van der Waals surface area contributed by atoms with Crippen LogP contribution in [0, 0.1) is 5.82 Å². The highest BCUT2D eigenvalue weighted by Crippen LogP contribution is 2.40. The highest BCUT2D eigenvalue weighted by Gasteiger charge is 2.28. The zero-order valence-electron chi connectivity index (χ0n) is 12.6. The summed E-state index contributed by atoms with van der Waals surface area (Å²) in [6.07, 6.45) is 0. The van der Waals surface area contributed by atoms with Gasteiger partial charge in [-0.05, 0) is 53.0 Å². The molecular weight excluding hydrogens is 273 g/mol. The van der Waals surface area contributed by atoms with Crippen molar-refractivity contribution in [3.05, 3.63) is 84.7 Å². The van der Waals surface area contributed by atoms with Gasteiger partial charge in [0.25, 0.3) is 0 Å². The summed E-state index contributed by atoms with van der Waals surface area (Å²) < 4.78 is 13.8. The molecule has 1 nitrogen and oxygen atoms in total. The lowest BCUT2D eigenvalue weighted by Crippen LogP contribution is -2.17. The second-order valence-electron chi connectivity index (χ2n) is 5.65. The van der Waals surface area contributed by atoms with E-state index in [-0.39, 0.29) is 11.9 Å². The van der Waals surface area contributed by atoms with Gasteiger partial charge in [-0.3, -0.25) is 0 Å². The van der Waals surface area contributed by atoms with Crippen LogP contribution in [0.1, 0.15) is 23.6 Å². The van der Waals surface area contributed by atoms with E-state index in [4.69, 9.17) is 0 Å². The molecule has 0 aliphatic heterocycles. The van der Waals surface area contributed by atoms with Crippen LogP contribution in [0.15, 0.2) is 62.2 Å².